The second-order valence-corrected chi connectivity index (χ2v) is 10.3. The van der Waals surface area contributed by atoms with Crippen LogP contribution >= 0.6 is 0 Å². The Morgan fingerprint density at radius 1 is 1.18 bits per heavy atom. The summed E-state index contributed by atoms with van der Waals surface area (Å²) in [5.41, 5.74) is 8.88. The monoisotopic (exact) mass is 544 g/mol. The number of H-pyrrole nitrogens is 1. The van der Waals surface area contributed by atoms with Crippen molar-refractivity contribution in [2.24, 2.45) is 5.92 Å². The van der Waals surface area contributed by atoms with Gasteiger partial charge >= 0.3 is 0 Å². The quantitative estimate of drug-likeness (QED) is 0.327. The third-order valence-electron chi connectivity index (χ3n) is 7.70. The molecule has 0 unspecified atom stereocenters. The highest BCUT2D eigenvalue weighted by molar-refractivity contribution is 6.02. The maximum Gasteiger partial charge on any atom is 0.288 e. The summed E-state index contributed by atoms with van der Waals surface area (Å²) in [4.78, 5) is 40.1. The van der Waals surface area contributed by atoms with E-state index in [1.165, 1.54) is 19.2 Å². The Bertz CT molecular complexity index is 1670. The minimum absolute atomic E-state index is 0.0452. The van der Waals surface area contributed by atoms with Gasteiger partial charge in [-0.3, -0.25) is 14.4 Å². The van der Waals surface area contributed by atoms with E-state index >= 15 is 0 Å². The SMILES string of the molecule is COc1ccc(F)cc1C(=O)NCc1ccc(-c2cn([C@@H]3CCN(C(=O)C4CC4)C3)c3c(=O)[nH]nc(N)c23)cc1. The van der Waals surface area contributed by atoms with Crippen LogP contribution in [0.25, 0.3) is 22.0 Å². The van der Waals surface area contributed by atoms with E-state index in [9.17, 15) is 18.8 Å². The van der Waals surface area contributed by atoms with Crippen LogP contribution in [-0.2, 0) is 11.3 Å². The Labute approximate surface area is 228 Å². The summed E-state index contributed by atoms with van der Waals surface area (Å²) in [6.45, 7) is 1.43. The zero-order valence-corrected chi connectivity index (χ0v) is 21.9. The van der Waals surface area contributed by atoms with E-state index in [-0.39, 0.29) is 47.1 Å². The lowest BCUT2D eigenvalue weighted by Crippen LogP contribution is -2.30. The Balaban J connectivity index is 1.25. The van der Waals surface area contributed by atoms with Crippen LogP contribution in [0.5, 0.6) is 5.75 Å². The van der Waals surface area contributed by atoms with E-state index in [1.54, 1.807) is 0 Å². The van der Waals surface area contributed by atoms with Crippen molar-refractivity contribution < 1.29 is 18.7 Å². The van der Waals surface area contributed by atoms with E-state index in [4.69, 9.17) is 10.5 Å². The molecule has 2 aromatic carbocycles. The lowest BCUT2D eigenvalue weighted by Gasteiger charge is -2.17. The van der Waals surface area contributed by atoms with Gasteiger partial charge in [0.25, 0.3) is 11.5 Å². The first-order valence-corrected chi connectivity index (χ1v) is 13.2. The van der Waals surface area contributed by atoms with E-state index in [0.29, 0.717) is 24.0 Å². The number of nitrogens with two attached hydrogens (primary N) is 1. The minimum Gasteiger partial charge on any atom is -0.496 e. The summed E-state index contributed by atoms with van der Waals surface area (Å²) < 4.78 is 20.8. The van der Waals surface area contributed by atoms with Crippen LogP contribution in [0.15, 0.2) is 53.5 Å². The normalized spacial score (nSPS) is 16.9. The maximum absolute atomic E-state index is 13.7. The van der Waals surface area contributed by atoms with E-state index in [0.717, 1.165) is 42.0 Å². The number of benzene rings is 2. The number of carbonyl (C=O) groups is 2. The molecule has 2 aromatic heterocycles. The van der Waals surface area contributed by atoms with Crippen LogP contribution in [0.2, 0.25) is 0 Å². The summed E-state index contributed by atoms with van der Waals surface area (Å²) in [7, 11) is 1.42. The number of amides is 2. The number of aromatic nitrogens is 3. The van der Waals surface area contributed by atoms with Crippen molar-refractivity contribution in [2.75, 3.05) is 25.9 Å². The van der Waals surface area contributed by atoms with Crippen molar-refractivity contribution in [1.29, 1.82) is 0 Å². The van der Waals surface area contributed by atoms with Crippen LogP contribution in [-0.4, -0.2) is 51.7 Å². The number of nitrogens with zero attached hydrogens (tertiary/aromatic N) is 3. The first-order chi connectivity index (χ1) is 19.3. The molecule has 40 heavy (non-hydrogen) atoms. The van der Waals surface area contributed by atoms with Crippen LogP contribution in [0, 0.1) is 11.7 Å². The molecule has 2 aliphatic rings. The lowest BCUT2D eigenvalue weighted by molar-refractivity contribution is -0.131. The van der Waals surface area contributed by atoms with Crippen molar-refractivity contribution in [1.82, 2.24) is 25.0 Å². The molecule has 11 heteroatoms. The van der Waals surface area contributed by atoms with Crippen molar-refractivity contribution in [3.05, 3.63) is 76.0 Å². The molecule has 1 saturated carbocycles. The Hall–Kier alpha value is -4.67. The largest absolute Gasteiger partial charge is 0.496 e. The van der Waals surface area contributed by atoms with Crippen LogP contribution in [0.1, 0.15) is 41.2 Å². The average molecular weight is 545 g/mol. The van der Waals surface area contributed by atoms with Gasteiger partial charge in [-0.15, -0.1) is 0 Å². The number of methoxy groups -OCH3 is 1. The standard InChI is InChI=1S/C29H29FN6O4/c1-40-23-9-8-19(30)12-21(23)27(37)32-13-16-2-4-17(5-3-16)22-15-36(25-24(22)26(31)33-34-28(25)38)20-10-11-35(14-20)29(39)18-6-7-18/h2-5,8-9,12,15,18,20H,6-7,10-11,13-14H2,1H3,(H2,31,33)(H,32,37)(H,34,38)/t20-/m1/s1. The molecule has 0 spiro atoms. The molecule has 1 aliphatic heterocycles. The van der Waals surface area contributed by atoms with Gasteiger partial charge in [0.15, 0.2) is 5.82 Å². The first kappa shape index (κ1) is 25.6. The van der Waals surface area contributed by atoms with Crippen molar-refractivity contribution in [2.45, 2.75) is 31.8 Å². The number of rotatable bonds is 7. The molecule has 10 nitrogen and oxygen atoms in total. The first-order valence-electron chi connectivity index (χ1n) is 13.2. The number of fused-ring (bicyclic) bond motifs is 1. The van der Waals surface area contributed by atoms with Gasteiger partial charge in [-0.2, -0.15) is 5.10 Å². The molecule has 0 bridgehead atoms. The van der Waals surface area contributed by atoms with Gasteiger partial charge in [-0.25, -0.2) is 9.49 Å². The van der Waals surface area contributed by atoms with E-state index in [2.05, 4.69) is 15.5 Å². The second kappa shape index (κ2) is 10.1. The number of hydrogen-bond acceptors (Lipinski definition) is 6. The molecular weight excluding hydrogens is 515 g/mol. The highest BCUT2D eigenvalue weighted by Crippen LogP contribution is 2.37. The minimum atomic E-state index is -0.526. The highest BCUT2D eigenvalue weighted by Gasteiger charge is 2.37. The van der Waals surface area contributed by atoms with Gasteiger partial charge in [0, 0.05) is 37.3 Å². The zero-order valence-electron chi connectivity index (χ0n) is 21.9. The fraction of sp³-hybridized carbons (Fsp3) is 0.310. The molecule has 206 valence electrons. The van der Waals surface area contributed by atoms with E-state index in [1.807, 2.05) is 39.9 Å². The van der Waals surface area contributed by atoms with Crippen molar-refractivity contribution in [3.8, 4) is 16.9 Å². The highest BCUT2D eigenvalue weighted by atomic mass is 19.1. The van der Waals surface area contributed by atoms with Gasteiger partial charge in [0.2, 0.25) is 5.91 Å². The summed E-state index contributed by atoms with van der Waals surface area (Å²) in [6, 6.07) is 11.2. The molecular formula is C29H29FN6O4. The summed E-state index contributed by atoms with van der Waals surface area (Å²) in [6.07, 6.45) is 4.58. The third-order valence-corrected chi connectivity index (χ3v) is 7.70. The molecule has 4 aromatic rings. The van der Waals surface area contributed by atoms with Crippen LogP contribution < -0.4 is 21.3 Å². The van der Waals surface area contributed by atoms with Gasteiger partial charge < -0.3 is 25.3 Å². The number of hydrogen-bond donors (Lipinski definition) is 3. The number of anilines is 1. The molecule has 2 fully saturated rings. The molecule has 1 aliphatic carbocycles. The predicted octanol–water partition coefficient (Wildman–Crippen LogP) is 3.23. The number of aromatic amines is 1. The molecule has 6 rings (SSSR count). The van der Waals surface area contributed by atoms with E-state index < -0.39 is 11.7 Å². The molecule has 3 heterocycles. The van der Waals surface area contributed by atoms with Gasteiger partial charge in [-0.05, 0) is 48.6 Å². The maximum atomic E-state index is 13.7. The van der Waals surface area contributed by atoms with Gasteiger partial charge in [0.05, 0.1) is 24.1 Å². The molecule has 1 atom stereocenters. The molecule has 2 amide bonds. The topological polar surface area (TPSA) is 135 Å². The number of likely N-dealkylation sites (tertiary alicyclic amines) is 1. The predicted molar refractivity (Wildman–Crippen MR) is 147 cm³/mol. The number of halogens is 1. The van der Waals surface area contributed by atoms with Crippen molar-refractivity contribution >= 4 is 28.5 Å². The average Bonchev–Trinajstić information content (AvgIpc) is 3.55. The summed E-state index contributed by atoms with van der Waals surface area (Å²) >= 11 is 0. The van der Waals surface area contributed by atoms with Crippen LogP contribution in [0.4, 0.5) is 10.2 Å². The van der Waals surface area contributed by atoms with Gasteiger partial charge in [-0.1, -0.05) is 24.3 Å². The Morgan fingerprint density at radius 2 is 1.95 bits per heavy atom. The van der Waals surface area contributed by atoms with Crippen molar-refractivity contribution in [3.63, 3.8) is 0 Å². The number of nitrogen functional groups attached to an aromatic ring is 1. The smallest absolute Gasteiger partial charge is 0.288 e. The Kier molecular flexibility index (Phi) is 6.49. The fourth-order valence-corrected chi connectivity index (χ4v) is 5.44. The number of ether oxygens (including phenoxy) is 1. The summed E-state index contributed by atoms with van der Waals surface area (Å²) in [5, 5.41) is 9.85. The number of nitrogens with one attached hydrogen (secondary N) is 2. The number of carbonyl (C=O) groups excluding carboxylic acids is 2. The second-order valence-electron chi connectivity index (χ2n) is 10.3. The molecule has 0 radical (unpaired) electrons. The fourth-order valence-electron chi connectivity index (χ4n) is 5.44. The van der Waals surface area contributed by atoms with Crippen LogP contribution in [0.3, 0.4) is 0 Å². The Morgan fingerprint density at radius 3 is 2.67 bits per heavy atom. The zero-order chi connectivity index (χ0) is 28.0. The summed E-state index contributed by atoms with van der Waals surface area (Å²) in [5.74, 6) is -0.123. The molecule has 4 N–H and O–H groups in total. The van der Waals surface area contributed by atoms with Gasteiger partial charge in [0.1, 0.15) is 17.1 Å². The molecule has 1 saturated heterocycles. The third kappa shape index (κ3) is 4.67. The lowest BCUT2D eigenvalue weighted by atomic mass is 10.0.